The van der Waals surface area contributed by atoms with Crippen LogP contribution in [0.5, 0.6) is 17.2 Å². The van der Waals surface area contributed by atoms with Crippen molar-refractivity contribution in [3.63, 3.8) is 0 Å². The molecule has 17 heavy (non-hydrogen) atoms. The molecule has 0 radical (unpaired) electrons. The zero-order chi connectivity index (χ0) is 12.5. The Morgan fingerprint density at radius 2 is 1.88 bits per heavy atom. The predicted molar refractivity (Wildman–Crippen MR) is 67.7 cm³/mol. The summed E-state index contributed by atoms with van der Waals surface area (Å²) in [6, 6.07) is 5.49. The van der Waals surface area contributed by atoms with Gasteiger partial charge in [0.25, 0.3) is 0 Å². The van der Waals surface area contributed by atoms with Crippen LogP contribution in [0.15, 0.2) is 18.2 Å². The third-order valence-corrected chi connectivity index (χ3v) is 2.71. The van der Waals surface area contributed by atoms with Crippen molar-refractivity contribution in [2.45, 2.75) is 6.42 Å². The van der Waals surface area contributed by atoms with Crippen molar-refractivity contribution in [3.8, 4) is 22.6 Å². The Bertz CT molecular complexity index is 368. The number of para-hydroxylation sites is 1. The second-order valence-corrected chi connectivity index (χ2v) is 4.01. The molecule has 0 spiro atoms. The summed E-state index contributed by atoms with van der Waals surface area (Å²) in [5.74, 6) is 2.67. The van der Waals surface area contributed by atoms with Crippen LogP contribution in [0.4, 0.5) is 0 Å². The standard InChI is InChI=1S/C12H15NO3S/c1-14-10-5-3-6-11(15-2)12(10)16-7-4-8-17-9-13/h3,5-6H,4,7-8H2,1-2H3. The van der Waals surface area contributed by atoms with Gasteiger partial charge in [0.2, 0.25) is 5.75 Å². The van der Waals surface area contributed by atoms with Gasteiger partial charge in [-0.05, 0) is 30.3 Å². The largest absolute Gasteiger partial charge is 0.493 e. The first kappa shape index (κ1) is 13.5. The van der Waals surface area contributed by atoms with Gasteiger partial charge in [0.05, 0.1) is 20.8 Å². The van der Waals surface area contributed by atoms with Gasteiger partial charge in [-0.25, -0.2) is 0 Å². The van der Waals surface area contributed by atoms with Crippen LogP contribution in [0.25, 0.3) is 0 Å². The Hall–Kier alpha value is -1.54. The fourth-order valence-electron chi connectivity index (χ4n) is 1.31. The van der Waals surface area contributed by atoms with Crippen LogP contribution in [0, 0.1) is 10.7 Å². The number of thiocyanates is 1. The lowest BCUT2D eigenvalue weighted by Gasteiger charge is -2.13. The lowest BCUT2D eigenvalue weighted by molar-refractivity contribution is 0.275. The van der Waals surface area contributed by atoms with Gasteiger partial charge in [-0.2, -0.15) is 5.26 Å². The van der Waals surface area contributed by atoms with Crippen molar-refractivity contribution in [1.82, 2.24) is 0 Å². The Kier molecular flexibility index (Phi) is 6.12. The van der Waals surface area contributed by atoms with Crippen LogP contribution in [-0.4, -0.2) is 26.6 Å². The number of hydrogen-bond donors (Lipinski definition) is 0. The maximum atomic E-state index is 8.38. The van der Waals surface area contributed by atoms with Gasteiger partial charge in [0.1, 0.15) is 5.40 Å². The Labute approximate surface area is 105 Å². The van der Waals surface area contributed by atoms with E-state index in [2.05, 4.69) is 0 Å². The first-order valence-corrected chi connectivity index (χ1v) is 6.16. The van der Waals surface area contributed by atoms with E-state index in [9.17, 15) is 0 Å². The molecule has 0 aliphatic carbocycles. The molecular formula is C12H15NO3S. The highest BCUT2D eigenvalue weighted by Crippen LogP contribution is 2.36. The van der Waals surface area contributed by atoms with Crippen molar-refractivity contribution >= 4 is 11.8 Å². The van der Waals surface area contributed by atoms with Crippen LogP contribution < -0.4 is 14.2 Å². The number of nitrogens with zero attached hydrogens (tertiary/aromatic N) is 1. The van der Waals surface area contributed by atoms with Gasteiger partial charge in [-0.15, -0.1) is 0 Å². The van der Waals surface area contributed by atoms with E-state index in [0.717, 1.165) is 12.2 Å². The van der Waals surface area contributed by atoms with E-state index in [1.165, 1.54) is 11.8 Å². The molecule has 0 heterocycles. The highest BCUT2D eigenvalue weighted by Gasteiger charge is 2.10. The molecule has 0 unspecified atom stereocenters. The van der Waals surface area contributed by atoms with E-state index in [0.29, 0.717) is 23.9 Å². The number of hydrogen-bond acceptors (Lipinski definition) is 5. The highest BCUT2D eigenvalue weighted by atomic mass is 32.2. The molecule has 4 nitrogen and oxygen atoms in total. The van der Waals surface area contributed by atoms with E-state index in [1.54, 1.807) is 14.2 Å². The fourth-order valence-corrected chi connectivity index (χ4v) is 1.66. The molecule has 1 rings (SSSR count). The smallest absolute Gasteiger partial charge is 0.203 e. The van der Waals surface area contributed by atoms with Gasteiger partial charge in [-0.1, -0.05) is 6.07 Å². The topological polar surface area (TPSA) is 51.5 Å². The molecule has 0 aliphatic rings. The maximum Gasteiger partial charge on any atom is 0.203 e. The van der Waals surface area contributed by atoms with Crippen molar-refractivity contribution in [2.75, 3.05) is 26.6 Å². The van der Waals surface area contributed by atoms with Gasteiger partial charge in [-0.3, -0.25) is 0 Å². The quantitative estimate of drug-likeness (QED) is 0.552. The van der Waals surface area contributed by atoms with Crippen molar-refractivity contribution in [3.05, 3.63) is 18.2 Å². The Morgan fingerprint density at radius 3 is 2.41 bits per heavy atom. The van der Waals surface area contributed by atoms with E-state index in [1.807, 2.05) is 23.6 Å². The number of rotatable bonds is 7. The minimum Gasteiger partial charge on any atom is -0.493 e. The van der Waals surface area contributed by atoms with Gasteiger partial charge < -0.3 is 14.2 Å². The van der Waals surface area contributed by atoms with E-state index >= 15 is 0 Å². The number of methoxy groups -OCH3 is 2. The second kappa shape index (κ2) is 7.69. The minimum atomic E-state index is 0.533. The summed E-state index contributed by atoms with van der Waals surface area (Å²) in [4.78, 5) is 0. The molecule has 92 valence electrons. The lowest BCUT2D eigenvalue weighted by atomic mass is 10.3. The number of thioether (sulfide) groups is 1. The van der Waals surface area contributed by atoms with Crippen LogP contribution in [0.2, 0.25) is 0 Å². The molecule has 0 amide bonds. The Balaban J connectivity index is 2.59. The van der Waals surface area contributed by atoms with Crippen molar-refractivity contribution in [1.29, 1.82) is 5.26 Å². The van der Waals surface area contributed by atoms with E-state index < -0.39 is 0 Å². The number of ether oxygens (including phenoxy) is 3. The monoisotopic (exact) mass is 253 g/mol. The van der Waals surface area contributed by atoms with E-state index in [-0.39, 0.29) is 0 Å². The number of benzene rings is 1. The zero-order valence-electron chi connectivity index (χ0n) is 9.93. The third kappa shape index (κ3) is 4.08. The van der Waals surface area contributed by atoms with Crippen LogP contribution >= 0.6 is 11.8 Å². The third-order valence-electron chi connectivity index (χ3n) is 2.08. The molecule has 5 heteroatoms. The average Bonchev–Trinajstić information content (AvgIpc) is 2.38. The molecule has 0 saturated carbocycles. The fraction of sp³-hybridized carbons (Fsp3) is 0.417. The summed E-state index contributed by atoms with van der Waals surface area (Å²) in [6.07, 6.45) is 0.805. The molecule has 0 aromatic heterocycles. The lowest BCUT2D eigenvalue weighted by Crippen LogP contribution is -2.02. The molecule has 0 fully saturated rings. The summed E-state index contributed by atoms with van der Waals surface area (Å²) < 4.78 is 16.0. The van der Waals surface area contributed by atoms with Crippen molar-refractivity contribution < 1.29 is 14.2 Å². The Morgan fingerprint density at radius 1 is 1.24 bits per heavy atom. The molecule has 0 atom stereocenters. The summed E-state index contributed by atoms with van der Waals surface area (Å²) >= 11 is 1.23. The highest BCUT2D eigenvalue weighted by molar-refractivity contribution is 8.03. The van der Waals surface area contributed by atoms with Crippen LogP contribution in [0.1, 0.15) is 6.42 Å². The molecule has 0 bridgehead atoms. The SMILES string of the molecule is COc1cccc(OC)c1OCCCSC#N. The molecule has 1 aromatic carbocycles. The molecular weight excluding hydrogens is 238 g/mol. The molecule has 1 aromatic rings. The first-order chi connectivity index (χ1) is 8.33. The summed E-state index contributed by atoms with van der Waals surface area (Å²) in [7, 11) is 3.18. The minimum absolute atomic E-state index is 0.533. The zero-order valence-corrected chi connectivity index (χ0v) is 10.8. The second-order valence-electron chi connectivity index (χ2n) is 3.13. The maximum absolute atomic E-state index is 8.38. The van der Waals surface area contributed by atoms with Crippen molar-refractivity contribution in [2.24, 2.45) is 0 Å². The molecule has 0 aliphatic heterocycles. The van der Waals surface area contributed by atoms with Gasteiger partial charge >= 0.3 is 0 Å². The normalized spacial score (nSPS) is 9.47. The van der Waals surface area contributed by atoms with Crippen LogP contribution in [-0.2, 0) is 0 Å². The first-order valence-electron chi connectivity index (χ1n) is 5.18. The summed E-state index contributed by atoms with van der Waals surface area (Å²) in [6.45, 7) is 0.533. The predicted octanol–water partition coefficient (Wildman–Crippen LogP) is 2.69. The van der Waals surface area contributed by atoms with Gasteiger partial charge in [0, 0.05) is 5.75 Å². The van der Waals surface area contributed by atoms with Gasteiger partial charge in [0.15, 0.2) is 11.5 Å². The average molecular weight is 253 g/mol. The molecule has 0 N–H and O–H groups in total. The van der Waals surface area contributed by atoms with Crippen LogP contribution in [0.3, 0.4) is 0 Å². The summed E-state index contributed by atoms with van der Waals surface area (Å²) in [5.41, 5.74) is 0. The van der Waals surface area contributed by atoms with E-state index in [4.69, 9.17) is 19.5 Å². The molecule has 0 saturated heterocycles. The number of nitriles is 1. The summed E-state index contributed by atoms with van der Waals surface area (Å²) in [5, 5.41) is 10.4.